The van der Waals surface area contributed by atoms with Crippen LogP contribution >= 0.6 is 0 Å². The third-order valence-corrected chi connectivity index (χ3v) is 7.20. The van der Waals surface area contributed by atoms with Gasteiger partial charge in [-0.05, 0) is 62.3 Å². The predicted octanol–water partition coefficient (Wildman–Crippen LogP) is 3.29. The monoisotopic (exact) mass is 415 g/mol. The third kappa shape index (κ3) is 4.39. The zero-order chi connectivity index (χ0) is 21.3. The molecule has 2 bridgehead atoms. The average Bonchev–Trinajstić information content (AvgIpc) is 2.73. The van der Waals surface area contributed by atoms with Gasteiger partial charge >= 0.3 is 0 Å². The van der Waals surface area contributed by atoms with Crippen LogP contribution in [-0.4, -0.2) is 65.3 Å². The molecule has 3 fully saturated rings. The Labute approximate surface area is 179 Å². The summed E-state index contributed by atoms with van der Waals surface area (Å²) in [6.45, 7) is 4.71. The molecule has 0 aromatic heterocycles. The zero-order valence-corrected chi connectivity index (χ0v) is 18.2. The molecule has 4 rings (SSSR count). The van der Waals surface area contributed by atoms with Gasteiger partial charge in [-0.25, -0.2) is 4.39 Å². The standard InChI is InChI=1S/C24H34FN3O2/c1-3-5-21-18-12-19(22-6-4-7-23(29)28(21)22)15-27(14-18)24(30)16-26(2)13-17-8-10-20(25)11-9-17/h8-11,18-19,21-22H,3-7,12-16H2,1-2H3/t18-,19+,21-,22-/m0/s1. The molecule has 0 aliphatic carbocycles. The summed E-state index contributed by atoms with van der Waals surface area (Å²) >= 11 is 0. The fourth-order valence-corrected chi connectivity index (χ4v) is 5.94. The average molecular weight is 416 g/mol. The largest absolute Gasteiger partial charge is 0.341 e. The molecule has 1 aromatic rings. The molecule has 0 radical (unpaired) electrons. The van der Waals surface area contributed by atoms with Crippen LogP contribution in [0.25, 0.3) is 0 Å². The molecule has 0 saturated carbocycles. The highest BCUT2D eigenvalue weighted by atomic mass is 19.1. The van der Waals surface area contributed by atoms with Crippen molar-refractivity contribution in [3.05, 3.63) is 35.6 Å². The van der Waals surface area contributed by atoms with E-state index in [9.17, 15) is 14.0 Å². The highest BCUT2D eigenvalue weighted by molar-refractivity contribution is 5.79. The van der Waals surface area contributed by atoms with Gasteiger partial charge in [0.2, 0.25) is 11.8 Å². The molecule has 30 heavy (non-hydrogen) atoms. The zero-order valence-electron chi connectivity index (χ0n) is 18.2. The minimum absolute atomic E-state index is 0.167. The Hall–Kier alpha value is -1.95. The minimum Gasteiger partial charge on any atom is -0.341 e. The van der Waals surface area contributed by atoms with E-state index < -0.39 is 0 Å². The number of hydrogen-bond acceptors (Lipinski definition) is 3. The highest BCUT2D eigenvalue weighted by Crippen LogP contribution is 2.42. The van der Waals surface area contributed by atoms with Gasteiger partial charge in [-0.3, -0.25) is 14.5 Å². The Morgan fingerprint density at radius 3 is 2.67 bits per heavy atom. The second kappa shape index (κ2) is 9.04. The molecule has 3 heterocycles. The Bertz CT molecular complexity index is 768. The second-order valence-electron chi connectivity index (χ2n) is 9.47. The molecular formula is C24H34FN3O2. The Balaban J connectivity index is 1.41. The molecule has 3 aliphatic rings. The van der Waals surface area contributed by atoms with Crippen LogP contribution in [0.5, 0.6) is 0 Å². The molecule has 5 nitrogen and oxygen atoms in total. The maximum Gasteiger partial charge on any atom is 0.236 e. The topological polar surface area (TPSA) is 43.9 Å². The van der Waals surface area contributed by atoms with Crippen LogP contribution < -0.4 is 0 Å². The molecule has 164 valence electrons. The Kier molecular flexibility index (Phi) is 6.42. The molecule has 6 heteroatoms. The van der Waals surface area contributed by atoms with E-state index in [4.69, 9.17) is 0 Å². The molecule has 1 aromatic carbocycles. The number of carbonyl (C=O) groups is 2. The van der Waals surface area contributed by atoms with E-state index in [1.165, 1.54) is 12.1 Å². The van der Waals surface area contributed by atoms with Gasteiger partial charge < -0.3 is 9.80 Å². The molecule has 2 amide bonds. The van der Waals surface area contributed by atoms with Gasteiger partial charge in [-0.2, -0.15) is 0 Å². The summed E-state index contributed by atoms with van der Waals surface area (Å²) in [5.74, 6) is 1.06. The number of likely N-dealkylation sites (N-methyl/N-ethyl adjacent to an activating group) is 1. The smallest absolute Gasteiger partial charge is 0.236 e. The number of nitrogens with zero attached hydrogens (tertiary/aromatic N) is 3. The number of amides is 2. The molecule has 0 N–H and O–H groups in total. The van der Waals surface area contributed by atoms with Gasteiger partial charge in [0, 0.05) is 38.1 Å². The summed E-state index contributed by atoms with van der Waals surface area (Å²) < 4.78 is 13.1. The molecule has 4 atom stereocenters. The lowest BCUT2D eigenvalue weighted by molar-refractivity contribution is -0.156. The first kappa shape index (κ1) is 21.3. The van der Waals surface area contributed by atoms with E-state index in [0.29, 0.717) is 43.3 Å². The number of carbonyl (C=O) groups excluding carboxylic acids is 2. The Morgan fingerprint density at radius 1 is 1.20 bits per heavy atom. The van der Waals surface area contributed by atoms with Crippen LogP contribution in [0.4, 0.5) is 4.39 Å². The van der Waals surface area contributed by atoms with E-state index >= 15 is 0 Å². The number of halogens is 1. The van der Waals surface area contributed by atoms with Crippen molar-refractivity contribution in [2.45, 2.75) is 64.1 Å². The van der Waals surface area contributed by atoms with Gasteiger partial charge in [-0.15, -0.1) is 0 Å². The highest BCUT2D eigenvalue weighted by Gasteiger charge is 2.49. The van der Waals surface area contributed by atoms with Crippen molar-refractivity contribution in [2.75, 3.05) is 26.7 Å². The Morgan fingerprint density at radius 2 is 1.93 bits per heavy atom. The van der Waals surface area contributed by atoms with Gasteiger partial charge in [-0.1, -0.05) is 25.5 Å². The van der Waals surface area contributed by atoms with Crippen LogP contribution in [0.3, 0.4) is 0 Å². The fraction of sp³-hybridized carbons (Fsp3) is 0.667. The van der Waals surface area contributed by atoms with Crippen LogP contribution in [0.1, 0.15) is 51.0 Å². The number of likely N-dealkylation sites (tertiary alicyclic amines) is 1. The lowest BCUT2D eigenvalue weighted by atomic mass is 9.71. The summed E-state index contributed by atoms with van der Waals surface area (Å²) in [5, 5.41) is 0. The summed E-state index contributed by atoms with van der Waals surface area (Å²) in [6.07, 6.45) is 5.99. The van der Waals surface area contributed by atoms with E-state index in [0.717, 1.165) is 50.8 Å². The first-order chi connectivity index (χ1) is 14.5. The van der Waals surface area contributed by atoms with Crippen molar-refractivity contribution in [3.8, 4) is 0 Å². The van der Waals surface area contributed by atoms with Gasteiger partial charge in [0.25, 0.3) is 0 Å². The summed E-state index contributed by atoms with van der Waals surface area (Å²) in [4.78, 5) is 32.1. The normalized spacial score (nSPS) is 28.6. The summed E-state index contributed by atoms with van der Waals surface area (Å²) in [5.41, 5.74) is 1.00. The minimum atomic E-state index is -0.241. The SMILES string of the molecule is CCC[C@H]1[C@H]2C[C@H](CN(C(=O)CN(C)Cc3ccc(F)cc3)C2)[C@@H]2CCCC(=O)N21. The number of hydrogen-bond donors (Lipinski definition) is 0. The maximum absolute atomic E-state index is 13.1. The van der Waals surface area contributed by atoms with Crippen molar-refractivity contribution in [2.24, 2.45) is 11.8 Å². The van der Waals surface area contributed by atoms with Crippen molar-refractivity contribution in [1.82, 2.24) is 14.7 Å². The van der Waals surface area contributed by atoms with Crippen molar-refractivity contribution in [1.29, 1.82) is 0 Å². The first-order valence-corrected chi connectivity index (χ1v) is 11.5. The maximum atomic E-state index is 13.1. The summed E-state index contributed by atoms with van der Waals surface area (Å²) in [6, 6.07) is 7.06. The first-order valence-electron chi connectivity index (χ1n) is 11.5. The lowest BCUT2D eigenvalue weighted by Gasteiger charge is -2.56. The molecule has 0 unspecified atom stereocenters. The van der Waals surface area contributed by atoms with Gasteiger partial charge in [0.15, 0.2) is 0 Å². The molecular weight excluding hydrogens is 381 g/mol. The summed E-state index contributed by atoms with van der Waals surface area (Å²) in [7, 11) is 1.94. The third-order valence-electron chi connectivity index (χ3n) is 7.20. The fourth-order valence-electron chi connectivity index (χ4n) is 5.94. The molecule has 3 aliphatic heterocycles. The van der Waals surface area contributed by atoms with E-state index in [-0.39, 0.29) is 17.8 Å². The van der Waals surface area contributed by atoms with Crippen molar-refractivity contribution >= 4 is 11.8 Å². The molecule has 3 saturated heterocycles. The van der Waals surface area contributed by atoms with E-state index in [1.807, 2.05) is 11.9 Å². The number of rotatable bonds is 6. The lowest BCUT2D eigenvalue weighted by Crippen LogP contribution is -2.65. The van der Waals surface area contributed by atoms with Gasteiger partial charge in [0.05, 0.1) is 6.54 Å². The van der Waals surface area contributed by atoms with Crippen molar-refractivity contribution < 1.29 is 14.0 Å². The van der Waals surface area contributed by atoms with E-state index in [2.05, 4.69) is 16.7 Å². The van der Waals surface area contributed by atoms with Crippen LogP contribution in [0.15, 0.2) is 24.3 Å². The number of fused-ring (bicyclic) bond motifs is 4. The van der Waals surface area contributed by atoms with E-state index in [1.54, 1.807) is 12.1 Å². The van der Waals surface area contributed by atoms with Crippen LogP contribution in [0.2, 0.25) is 0 Å². The van der Waals surface area contributed by atoms with Crippen LogP contribution in [0, 0.1) is 17.7 Å². The van der Waals surface area contributed by atoms with Gasteiger partial charge in [0.1, 0.15) is 5.82 Å². The number of benzene rings is 1. The predicted molar refractivity (Wildman–Crippen MR) is 114 cm³/mol. The second-order valence-corrected chi connectivity index (χ2v) is 9.47. The van der Waals surface area contributed by atoms with Crippen LogP contribution in [-0.2, 0) is 16.1 Å². The number of piperidine rings is 3. The van der Waals surface area contributed by atoms with Crippen molar-refractivity contribution in [3.63, 3.8) is 0 Å². The quantitative estimate of drug-likeness (QED) is 0.716. The molecule has 0 spiro atoms.